The summed E-state index contributed by atoms with van der Waals surface area (Å²) in [6.45, 7) is 2.80. The van der Waals surface area contributed by atoms with E-state index in [1.165, 1.54) is 25.7 Å². The molecule has 0 radical (unpaired) electrons. The van der Waals surface area contributed by atoms with Gasteiger partial charge < -0.3 is 5.11 Å². The lowest BCUT2D eigenvalue weighted by atomic mass is 10.1. The number of nitrogens with zero attached hydrogens (tertiary/aromatic N) is 1. The van der Waals surface area contributed by atoms with Gasteiger partial charge in [-0.1, -0.05) is 12.8 Å². The average molecular weight is 229 g/mol. The number of hydrogen-bond donors (Lipinski definition) is 3. The van der Waals surface area contributed by atoms with Crippen LogP contribution in [0.25, 0.3) is 0 Å². The first-order chi connectivity index (χ1) is 7.69. The summed E-state index contributed by atoms with van der Waals surface area (Å²) < 4.78 is 0. The summed E-state index contributed by atoms with van der Waals surface area (Å²) in [4.78, 5) is 13.5. The summed E-state index contributed by atoms with van der Waals surface area (Å²) in [6, 6.07) is 0.659. The Morgan fingerprint density at radius 2 is 2.19 bits per heavy atom. The third kappa shape index (κ3) is 3.73. The van der Waals surface area contributed by atoms with Crippen molar-refractivity contribution in [3.05, 3.63) is 0 Å². The highest BCUT2D eigenvalue weighted by atomic mass is 16.3. The molecule has 5 nitrogen and oxygen atoms in total. The van der Waals surface area contributed by atoms with Crippen LogP contribution in [0.4, 0.5) is 0 Å². The summed E-state index contributed by atoms with van der Waals surface area (Å²) in [6.07, 6.45) is 5.25. The standard InChI is InChI=1S/C11H23N3O2/c1-9(8-11(16)13-12)14(6-7-15)10-4-2-3-5-10/h9-10,15H,2-8,12H2,1H3,(H,13,16). The van der Waals surface area contributed by atoms with Crippen LogP contribution in [0.1, 0.15) is 39.0 Å². The molecule has 0 aromatic rings. The van der Waals surface area contributed by atoms with Gasteiger partial charge in [-0.25, -0.2) is 5.84 Å². The smallest absolute Gasteiger partial charge is 0.235 e. The zero-order valence-electron chi connectivity index (χ0n) is 9.98. The van der Waals surface area contributed by atoms with E-state index in [0.29, 0.717) is 19.0 Å². The summed E-state index contributed by atoms with van der Waals surface area (Å²) >= 11 is 0. The van der Waals surface area contributed by atoms with Gasteiger partial charge in [0.05, 0.1) is 6.61 Å². The van der Waals surface area contributed by atoms with E-state index in [-0.39, 0.29) is 18.6 Å². The van der Waals surface area contributed by atoms with E-state index >= 15 is 0 Å². The Bertz CT molecular complexity index is 217. The van der Waals surface area contributed by atoms with Crippen molar-refractivity contribution in [3.63, 3.8) is 0 Å². The number of amides is 1. The topological polar surface area (TPSA) is 78.6 Å². The molecule has 1 aliphatic rings. The van der Waals surface area contributed by atoms with Crippen LogP contribution in [0.2, 0.25) is 0 Å². The van der Waals surface area contributed by atoms with Crippen LogP contribution in [-0.4, -0.2) is 41.1 Å². The summed E-state index contributed by atoms with van der Waals surface area (Å²) in [5, 5.41) is 9.07. The Hall–Kier alpha value is -0.650. The number of carbonyl (C=O) groups is 1. The molecule has 0 spiro atoms. The molecule has 16 heavy (non-hydrogen) atoms. The lowest BCUT2D eigenvalue weighted by Gasteiger charge is -2.33. The van der Waals surface area contributed by atoms with Crippen molar-refractivity contribution in [1.82, 2.24) is 10.3 Å². The van der Waals surface area contributed by atoms with E-state index in [9.17, 15) is 4.79 Å². The second-order valence-corrected chi connectivity index (χ2v) is 4.52. The minimum absolute atomic E-state index is 0.138. The van der Waals surface area contributed by atoms with Crippen molar-refractivity contribution in [2.24, 2.45) is 5.84 Å². The first-order valence-corrected chi connectivity index (χ1v) is 6.05. The van der Waals surface area contributed by atoms with Crippen molar-refractivity contribution in [2.75, 3.05) is 13.2 Å². The van der Waals surface area contributed by atoms with Gasteiger partial charge in [0.25, 0.3) is 0 Å². The molecule has 1 saturated carbocycles. The van der Waals surface area contributed by atoms with E-state index in [1.54, 1.807) is 0 Å². The molecule has 1 amide bonds. The van der Waals surface area contributed by atoms with Crippen molar-refractivity contribution in [3.8, 4) is 0 Å². The minimum Gasteiger partial charge on any atom is -0.395 e. The summed E-state index contributed by atoms with van der Waals surface area (Å²) in [5.41, 5.74) is 2.16. The molecule has 1 atom stereocenters. The number of hydrogen-bond acceptors (Lipinski definition) is 4. The number of rotatable bonds is 6. The molecule has 0 aromatic carbocycles. The van der Waals surface area contributed by atoms with E-state index in [2.05, 4.69) is 10.3 Å². The first kappa shape index (κ1) is 13.4. The summed E-state index contributed by atoms with van der Waals surface area (Å²) in [7, 11) is 0. The van der Waals surface area contributed by atoms with Gasteiger partial charge in [-0.05, 0) is 19.8 Å². The van der Waals surface area contributed by atoms with Crippen molar-refractivity contribution in [2.45, 2.75) is 51.1 Å². The van der Waals surface area contributed by atoms with Crippen LogP contribution in [0.5, 0.6) is 0 Å². The Labute approximate surface area is 97.0 Å². The highest BCUT2D eigenvalue weighted by molar-refractivity contribution is 5.75. The highest BCUT2D eigenvalue weighted by Crippen LogP contribution is 2.25. The zero-order valence-corrected chi connectivity index (χ0v) is 9.98. The molecular formula is C11H23N3O2. The van der Waals surface area contributed by atoms with Crippen LogP contribution in [0.15, 0.2) is 0 Å². The number of aliphatic hydroxyl groups excluding tert-OH is 1. The summed E-state index contributed by atoms with van der Waals surface area (Å²) in [5.74, 6) is 4.94. The van der Waals surface area contributed by atoms with Crippen LogP contribution in [0.3, 0.4) is 0 Å². The molecular weight excluding hydrogens is 206 g/mol. The molecule has 1 rings (SSSR count). The Balaban J connectivity index is 2.50. The monoisotopic (exact) mass is 229 g/mol. The molecule has 4 N–H and O–H groups in total. The van der Waals surface area contributed by atoms with Gasteiger partial charge >= 0.3 is 0 Å². The van der Waals surface area contributed by atoms with Crippen LogP contribution < -0.4 is 11.3 Å². The molecule has 0 aromatic heterocycles. The molecule has 0 saturated heterocycles. The number of carbonyl (C=O) groups excluding carboxylic acids is 1. The molecule has 0 bridgehead atoms. The van der Waals surface area contributed by atoms with Crippen molar-refractivity contribution < 1.29 is 9.90 Å². The average Bonchev–Trinajstić information content (AvgIpc) is 2.78. The predicted molar refractivity (Wildman–Crippen MR) is 62.5 cm³/mol. The van der Waals surface area contributed by atoms with Gasteiger partial charge in [0.15, 0.2) is 0 Å². The van der Waals surface area contributed by atoms with Gasteiger partial charge in [-0.2, -0.15) is 0 Å². The molecule has 94 valence electrons. The maximum absolute atomic E-state index is 11.2. The number of aliphatic hydroxyl groups is 1. The van der Waals surface area contributed by atoms with Crippen molar-refractivity contribution in [1.29, 1.82) is 0 Å². The fraction of sp³-hybridized carbons (Fsp3) is 0.909. The van der Waals surface area contributed by atoms with E-state index < -0.39 is 0 Å². The predicted octanol–water partition coefficient (Wildman–Crippen LogP) is -0.00820. The quantitative estimate of drug-likeness (QED) is 0.340. The molecule has 0 aliphatic heterocycles. The van der Waals surface area contributed by atoms with Crippen LogP contribution >= 0.6 is 0 Å². The SMILES string of the molecule is CC(CC(=O)NN)N(CCO)C1CCCC1. The number of hydrazine groups is 1. The molecule has 1 aliphatic carbocycles. The maximum Gasteiger partial charge on any atom is 0.235 e. The van der Waals surface area contributed by atoms with Gasteiger partial charge in [-0.3, -0.25) is 15.1 Å². The first-order valence-electron chi connectivity index (χ1n) is 6.05. The second-order valence-electron chi connectivity index (χ2n) is 4.52. The minimum atomic E-state index is -0.145. The fourth-order valence-electron chi connectivity index (χ4n) is 2.56. The van der Waals surface area contributed by atoms with Crippen LogP contribution in [-0.2, 0) is 4.79 Å². The number of nitrogens with two attached hydrogens (primary N) is 1. The van der Waals surface area contributed by atoms with Crippen molar-refractivity contribution >= 4 is 5.91 Å². The van der Waals surface area contributed by atoms with Gasteiger partial charge in [0, 0.05) is 25.0 Å². The third-order valence-corrected chi connectivity index (χ3v) is 3.36. The number of nitrogens with one attached hydrogen (secondary N) is 1. The Kier molecular flexibility index (Phi) is 5.73. The normalized spacial score (nSPS) is 19.0. The third-order valence-electron chi connectivity index (χ3n) is 3.36. The van der Waals surface area contributed by atoms with E-state index in [4.69, 9.17) is 10.9 Å². The lowest BCUT2D eigenvalue weighted by Crippen LogP contribution is -2.45. The highest BCUT2D eigenvalue weighted by Gasteiger charge is 2.26. The van der Waals surface area contributed by atoms with Crippen LogP contribution in [0, 0.1) is 0 Å². The fourth-order valence-corrected chi connectivity index (χ4v) is 2.56. The molecule has 1 unspecified atom stereocenters. The Morgan fingerprint density at radius 3 is 2.69 bits per heavy atom. The van der Waals surface area contributed by atoms with E-state index in [1.807, 2.05) is 6.92 Å². The molecule has 0 heterocycles. The van der Waals surface area contributed by atoms with Gasteiger partial charge in [0.2, 0.25) is 5.91 Å². The Morgan fingerprint density at radius 1 is 1.56 bits per heavy atom. The van der Waals surface area contributed by atoms with Gasteiger partial charge in [0.1, 0.15) is 0 Å². The largest absolute Gasteiger partial charge is 0.395 e. The van der Waals surface area contributed by atoms with E-state index in [0.717, 1.165) is 0 Å². The second kappa shape index (κ2) is 6.83. The molecule has 5 heteroatoms. The lowest BCUT2D eigenvalue weighted by molar-refractivity contribution is -0.122. The zero-order chi connectivity index (χ0) is 12.0. The molecule has 1 fully saturated rings. The van der Waals surface area contributed by atoms with Gasteiger partial charge in [-0.15, -0.1) is 0 Å². The maximum atomic E-state index is 11.2.